The van der Waals surface area contributed by atoms with Crippen LogP contribution in [0.25, 0.3) is 0 Å². The molecule has 0 aliphatic carbocycles. The number of anilines is 1. The maximum atomic E-state index is 5.59. The lowest BCUT2D eigenvalue weighted by molar-refractivity contribution is 0.221. The summed E-state index contributed by atoms with van der Waals surface area (Å²) in [6.07, 6.45) is 5.45. The van der Waals surface area contributed by atoms with Crippen LogP contribution in [0.2, 0.25) is 0 Å². The van der Waals surface area contributed by atoms with Crippen molar-refractivity contribution in [2.24, 2.45) is 0 Å². The van der Waals surface area contributed by atoms with E-state index in [1.54, 1.807) is 0 Å². The Labute approximate surface area is 83.1 Å². The predicted octanol–water partition coefficient (Wildman–Crippen LogP) is 0.750. The smallest absolute Gasteiger partial charge is 0.220 e. The second-order valence-corrected chi connectivity index (χ2v) is 4.25. The third-order valence-electron chi connectivity index (χ3n) is 3.55. The molecule has 2 bridgehead atoms. The second-order valence-electron chi connectivity index (χ2n) is 4.25. The number of nitrogen functional groups attached to an aromatic ring is 1. The number of rotatable bonds is 0. The topological polar surface area (TPSA) is 55.0 Å². The minimum atomic E-state index is 0.410. The van der Waals surface area contributed by atoms with E-state index in [-0.39, 0.29) is 0 Å². The molecule has 4 heteroatoms. The fraction of sp³-hybridized carbons (Fsp3) is 0.600. The number of aromatic nitrogens is 2. The highest BCUT2D eigenvalue weighted by molar-refractivity contribution is 5.32. The summed E-state index contributed by atoms with van der Waals surface area (Å²) in [5.41, 5.74) is 8.05. The van der Waals surface area contributed by atoms with Crippen molar-refractivity contribution >= 4 is 5.95 Å². The first-order valence-electron chi connectivity index (χ1n) is 5.09. The first kappa shape index (κ1) is 8.17. The molecular weight excluding hydrogens is 176 g/mol. The molecule has 2 atom stereocenters. The summed E-state index contributed by atoms with van der Waals surface area (Å²) < 4.78 is 0. The molecule has 1 fully saturated rings. The maximum absolute atomic E-state index is 5.59. The lowest BCUT2D eigenvalue weighted by Gasteiger charge is -2.31. The van der Waals surface area contributed by atoms with E-state index in [9.17, 15) is 0 Å². The van der Waals surface area contributed by atoms with E-state index in [0.717, 1.165) is 6.42 Å². The van der Waals surface area contributed by atoms with Crippen LogP contribution in [0.3, 0.4) is 0 Å². The van der Waals surface area contributed by atoms with Crippen molar-refractivity contribution in [3.8, 4) is 0 Å². The summed E-state index contributed by atoms with van der Waals surface area (Å²) in [4.78, 5) is 10.9. The molecule has 74 valence electrons. The fourth-order valence-corrected chi connectivity index (χ4v) is 2.74. The quantitative estimate of drug-likeness (QED) is 0.656. The highest BCUT2D eigenvalue weighted by Crippen LogP contribution is 2.41. The van der Waals surface area contributed by atoms with Crippen molar-refractivity contribution in [1.82, 2.24) is 14.9 Å². The number of fused-ring (bicyclic) bond motifs is 4. The van der Waals surface area contributed by atoms with E-state index in [0.29, 0.717) is 18.0 Å². The molecule has 0 saturated carbocycles. The van der Waals surface area contributed by atoms with Crippen molar-refractivity contribution in [1.29, 1.82) is 0 Å². The van der Waals surface area contributed by atoms with Crippen molar-refractivity contribution < 1.29 is 0 Å². The van der Waals surface area contributed by atoms with Gasteiger partial charge in [0.05, 0.1) is 5.69 Å². The standard InChI is InChI=1S/C10H14N4/c1-14-6-2-3-9(14)7-5-12-10(11)13-8(7)4-6/h5-6,9H,2-4H2,1H3,(H2,11,12,13). The van der Waals surface area contributed by atoms with Gasteiger partial charge in [0.2, 0.25) is 5.95 Å². The Kier molecular flexibility index (Phi) is 1.56. The summed E-state index contributed by atoms with van der Waals surface area (Å²) in [5, 5.41) is 0. The van der Waals surface area contributed by atoms with Gasteiger partial charge in [0.1, 0.15) is 0 Å². The van der Waals surface area contributed by atoms with Gasteiger partial charge in [0, 0.05) is 30.3 Å². The first-order valence-corrected chi connectivity index (χ1v) is 5.09. The SMILES string of the molecule is CN1C2CCC1c1cnc(N)nc1C2. The molecule has 1 saturated heterocycles. The molecule has 0 aromatic carbocycles. The number of hydrogen-bond acceptors (Lipinski definition) is 4. The molecule has 0 spiro atoms. The van der Waals surface area contributed by atoms with Crippen LogP contribution in [0, 0.1) is 0 Å². The zero-order chi connectivity index (χ0) is 9.71. The van der Waals surface area contributed by atoms with E-state index in [4.69, 9.17) is 5.73 Å². The summed E-state index contributed by atoms with van der Waals surface area (Å²) in [5.74, 6) is 0.410. The van der Waals surface area contributed by atoms with Gasteiger partial charge in [0.25, 0.3) is 0 Å². The van der Waals surface area contributed by atoms with Crippen LogP contribution < -0.4 is 5.73 Å². The van der Waals surface area contributed by atoms with E-state index < -0.39 is 0 Å². The van der Waals surface area contributed by atoms with E-state index in [2.05, 4.69) is 21.9 Å². The van der Waals surface area contributed by atoms with Crippen LogP contribution in [-0.4, -0.2) is 28.0 Å². The van der Waals surface area contributed by atoms with Gasteiger partial charge < -0.3 is 5.73 Å². The molecule has 0 radical (unpaired) electrons. The van der Waals surface area contributed by atoms with Gasteiger partial charge in [-0.3, -0.25) is 4.90 Å². The molecule has 2 unspecified atom stereocenters. The highest BCUT2D eigenvalue weighted by atomic mass is 15.2. The number of hydrogen-bond donors (Lipinski definition) is 1. The van der Waals surface area contributed by atoms with Crippen molar-refractivity contribution in [2.75, 3.05) is 12.8 Å². The normalized spacial score (nSPS) is 30.4. The van der Waals surface area contributed by atoms with Gasteiger partial charge >= 0.3 is 0 Å². The Bertz CT molecular complexity index is 376. The van der Waals surface area contributed by atoms with E-state index >= 15 is 0 Å². The third-order valence-corrected chi connectivity index (χ3v) is 3.55. The zero-order valence-corrected chi connectivity index (χ0v) is 8.27. The van der Waals surface area contributed by atoms with E-state index in [1.807, 2.05) is 6.20 Å². The van der Waals surface area contributed by atoms with Crippen LogP contribution in [-0.2, 0) is 6.42 Å². The molecule has 2 aliphatic rings. The Morgan fingerprint density at radius 3 is 3.21 bits per heavy atom. The van der Waals surface area contributed by atoms with Crippen LogP contribution in [0.5, 0.6) is 0 Å². The van der Waals surface area contributed by atoms with Crippen molar-refractivity contribution in [2.45, 2.75) is 31.3 Å². The summed E-state index contributed by atoms with van der Waals surface area (Å²) in [7, 11) is 2.20. The van der Waals surface area contributed by atoms with Gasteiger partial charge in [-0.2, -0.15) is 0 Å². The number of nitrogens with two attached hydrogens (primary N) is 1. The maximum Gasteiger partial charge on any atom is 0.220 e. The third kappa shape index (κ3) is 0.973. The summed E-state index contributed by atoms with van der Waals surface area (Å²) in [6, 6.07) is 1.20. The average Bonchev–Trinajstić information content (AvgIpc) is 2.44. The first-order chi connectivity index (χ1) is 6.75. The van der Waals surface area contributed by atoms with E-state index in [1.165, 1.54) is 24.1 Å². The lowest BCUT2D eigenvalue weighted by atomic mass is 10.0. The Morgan fingerprint density at radius 2 is 2.36 bits per heavy atom. The van der Waals surface area contributed by atoms with Gasteiger partial charge in [-0.1, -0.05) is 0 Å². The Hall–Kier alpha value is -1.16. The molecule has 3 heterocycles. The zero-order valence-electron chi connectivity index (χ0n) is 8.27. The predicted molar refractivity (Wildman–Crippen MR) is 53.7 cm³/mol. The molecule has 4 nitrogen and oxygen atoms in total. The van der Waals surface area contributed by atoms with Crippen LogP contribution in [0.15, 0.2) is 6.20 Å². The van der Waals surface area contributed by atoms with Crippen molar-refractivity contribution in [3.05, 3.63) is 17.5 Å². The molecule has 1 aromatic heterocycles. The average molecular weight is 190 g/mol. The second kappa shape index (κ2) is 2.67. The molecule has 3 rings (SSSR count). The largest absolute Gasteiger partial charge is 0.368 e. The minimum absolute atomic E-state index is 0.410. The van der Waals surface area contributed by atoms with Crippen LogP contribution in [0.4, 0.5) is 5.95 Å². The van der Waals surface area contributed by atoms with Crippen LogP contribution >= 0.6 is 0 Å². The molecule has 14 heavy (non-hydrogen) atoms. The molecular formula is C10H14N4. The van der Waals surface area contributed by atoms with Crippen molar-refractivity contribution in [3.63, 3.8) is 0 Å². The van der Waals surface area contributed by atoms with Gasteiger partial charge in [0.15, 0.2) is 0 Å². The molecule has 1 aromatic rings. The minimum Gasteiger partial charge on any atom is -0.368 e. The number of likely N-dealkylation sites (N-methyl/N-ethyl adjacent to an activating group) is 1. The lowest BCUT2D eigenvalue weighted by Crippen LogP contribution is -2.34. The molecule has 2 N–H and O–H groups in total. The number of nitrogens with zero attached hydrogens (tertiary/aromatic N) is 3. The Morgan fingerprint density at radius 1 is 1.50 bits per heavy atom. The summed E-state index contributed by atoms with van der Waals surface area (Å²) >= 11 is 0. The van der Waals surface area contributed by atoms with Gasteiger partial charge in [-0.05, 0) is 19.9 Å². The van der Waals surface area contributed by atoms with Gasteiger partial charge in [-0.25, -0.2) is 9.97 Å². The Balaban J connectivity index is 2.11. The monoisotopic (exact) mass is 190 g/mol. The molecule has 0 amide bonds. The summed E-state index contributed by atoms with van der Waals surface area (Å²) in [6.45, 7) is 0. The van der Waals surface area contributed by atoms with Crippen LogP contribution in [0.1, 0.15) is 30.1 Å². The van der Waals surface area contributed by atoms with Gasteiger partial charge in [-0.15, -0.1) is 0 Å². The highest BCUT2D eigenvalue weighted by Gasteiger charge is 2.38. The fourth-order valence-electron chi connectivity index (χ4n) is 2.74. The molecule has 2 aliphatic heterocycles.